The number of nitrogens with two attached hydrogens (primary N) is 1. The number of aromatic nitrogens is 6. The van der Waals surface area contributed by atoms with Crippen LogP contribution in [-0.2, 0) is 20.1 Å². The number of rotatable bonds is 6. The average molecular weight is 369 g/mol. The Morgan fingerprint density at radius 2 is 1.89 bits per heavy atom. The monoisotopic (exact) mass is 369 g/mol. The van der Waals surface area contributed by atoms with Crippen molar-refractivity contribution in [3.05, 3.63) is 56.7 Å². The molecule has 3 rings (SSSR count). The van der Waals surface area contributed by atoms with Gasteiger partial charge in [0.2, 0.25) is 5.82 Å². The van der Waals surface area contributed by atoms with Crippen LogP contribution in [0.1, 0.15) is 23.7 Å². The fourth-order valence-electron chi connectivity index (χ4n) is 2.71. The van der Waals surface area contributed by atoms with Crippen LogP contribution in [0.4, 0.5) is 5.82 Å². The molecule has 0 aliphatic heterocycles. The van der Waals surface area contributed by atoms with Crippen molar-refractivity contribution < 1.29 is 4.79 Å². The Labute approximate surface area is 153 Å². The number of hydrogen-bond acceptors (Lipinski definition) is 7. The maximum Gasteiger partial charge on any atom is 0.332 e. The summed E-state index contributed by atoms with van der Waals surface area (Å²) in [5, 5.41) is 11.9. The predicted octanol–water partition coefficient (Wildman–Crippen LogP) is 0.0756. The quantitative estimate of drug-likeness (QED) is 0.609. The van der Waals surface area contributed by atoms with Gasteiger partial charge >= 0.3 is 5.69 Å². The van der Waals surface area contributed by atoms with Crippen LogP contribution < -0.4 is 17.0 Å². The smallest absolute Gasteiger partial charge is 0.332 e. The highest BCUT2D eigenvalue weighted by atomic mass is 16.2. The second-order valence-corrected chi connectivity index (χ2v) is 5.99. The minimum absolute atomic E-state index is 0.140. The molecule has 27 heavy (non-hydrogen) atoms. The van der Waals surface area contributed by atoms with E-state index < -0.39 is 17.0 Å². The number of carbonyl (C=O) groups excluding carboxylic acids is 1. The van der Waals surface area contributed by atoms with Crippen molar-refractivity contribution in [1.29, 1.82) is 0 Å². The molecule has 2 aromatic heterocycles. The SMILES string of the molecule is CCCn1c(N)c(C(=O)Cn2nnc(-c3ccccc3)n2)c(=O)n(C)c1=O. The molecule has 2 N–H and O–H groups in total. The van der Waals surface area contributed by atoms with E-state index in [1.807, 2.05) is 37.3 Å². The van der Waals surface area contributed by atoms with Gasteiger partial charge in [0.05, 0.1) is 0 Å². The van der Waals surface area contributed by atoms with Crippen LogP contribution in [0.5, 0.6) is 0 Å². The van der Waals surface area contributed by atoms with E-state index in [0.717, 1.165) is 14.9 Å². The van der Waals surface area contributed by atoms with E-state index in [9.17, 15) is 14.4 Å². The molecule has 0 saturated carbocycles. The third-order valence-corrected chi connectivity index (χ3v) is 4.08. The number of anilines is 1. The Morgan fingerprint density at radius 3 is 2.56 bits per heavy atom. The van der Waals surface area contributed by atoms with Gasteiger partial charge in [-0.25, -0.2) is 4.79 Å². The minimum Gasteiger partial charge on any atom is -0.384 e. The van der Waals surface area contributed by atoms with Crippen molar-refractivity contribution in [1.82, 2.24) is 29.3 Å². The summed E-state index contributed by atoms with van der Waals surface area (Å²) >= 11 is 0. The van der Waals surface area contributed by atoms with Crippen LogP contribution in [-0.4, -0.2) is 35.1 Å². The fourth-order valence-corrected chi connectivity index (χ4v) is 2.71. The molecular formula is C17H19N7O3. The van der Waals surface area contributed by atoms with Gasteiger partial charge in [-0.05, 0) is 11.6 Å². The van der Waals surface area contributed by atoms with Crippen LogP contribution >= 0.6 is 0 Å². The first-order chi connectivity index (χ1) is 12.9. The molecule has 0 aliphatic carbocycles. The van der Waals surface area contributed by atoms with Crippen LogP contribution in [0, 0.1) is 0 Å². The zero-order valence-corrected chi connectivity index (χ0v) is 15.0. The van der Waals surface area contributed by atoms with Crippen molar-refractivity contribution >= 4 is 11.6 Å². The topological polar surface area (TPSA) is 131 Å². The molecule has 10 nitrogen and oxygen atoms in total. The van der Waals surface area contributed by atoms with E-state index in [1.165, 1.54) is 11.6 Å². The number of benzene rings is 1. The van der Waals surface area contributed by atoms with Crippen molar-refractivity contribution in [2.45, 2.75) is 26.4 Å². The summed E-state index contributed by atoms with van der Waals surface area (Å²) in [6, 6.07) is 9.17. The standard InChI is InChI=1S/C17H19N7O3/c1-3-9-23-14(18)13(16(26)22(2)17(23)27)12(25)10-24-20-15(19-21-24)11-7-5-4-6-8-11/h4-8H,3,9-10,18H2,1-2H3. The molecule has 0 aliphatic rings. The molecule has 0 radical (unpaired) electrons. The summed E-state index contributed by atoms with van der Waals surface area (Å²) in [4.78, 5) is 38.4. The second kappa shape index (κ2) is 7.36. The lowest BCUT2D eigenvalue weighted by Crippen LogP contribution is -2.43. The maximum absolute atomic E-state index is 12.7. The van der Waals surface area contributed by atoms with Crippen molar-refractivity contribution in [3.8, 4) is 11.4 Å². The van der Waals surface area contributed by atoms with Gasteiger partial charge in [-0.3, -0.25) is 18.7 Å². The van der Waals surface area contributed by atoms with Gasteiger partial charge in [-0.15, -0.1) is 10.2 Å². The molecule has 2 heterocycles. The molecule has 3 aromatic rings. The number of Topliss-reactive ketones (excluding diaryl/α,β-unsaturated/α-hetero) is 1. The lowest BCUT2D eigenvalue weighted by Gasteiger charge is -2.13. The molecule has 0 bridgehead atoms. The third kappa shape index (κ3) is 3.41. The lowest BCUT2D eigenvalue weighted by molar-refractivity contribution is 0.0959. The van der Waals surface area contributed by atoms with Gasteiger partial charge < -0.3 is 5.73 Å². The molecule has 0 saturated heterocycles. The normalized spacial score (nSPS) is 10.9. The molecule has 0 fully saturated rings. The van der Waals surface area contributed by atoms with Crippen molar-refractivity contribution in [2.75, 3.05) is 5.73 Å². The summed E-state index contributed by atoms with van der Waals surface area (Å²) in [5.74, 6) is -0.367. The summed E-state index contributed by atoms with van der Waals surface area (Å²) < 4.78 is 2.10. The number of hydrogen-bond donors (Lipinski definition) is 1. The van der Waals surface area contributed by atoms with Crippen LogP contribution in [0.3, 0.4) is 0 Å². The van der Waals surface area contributed by atoms with Gasteiger partial charge in [-0.1, -0.05) is 37.3 Å². The Morgan fingerprint density at radius 1 is 1.19 bits per heavy atom. The molecule has 0 amide bonds. The third-order valence-electron chi connectivity index (χ3n) is 4.08. The molecule has 0 atom stereocenters. The number of ketones is 1. The van der Waals surface area contributed by atoms with E-state index >= 15 is 0 Å². The van der Waals surface area contributed by atoms with E-state index in [1.54, 1.807) is 0 Å². The molecule has 10 heteroatoms. The summed E-state index contributed by atoms with van der Waals surface area (Å²) in [7, 11) is 1.31. The second-order valence-electron chi connectivity index (χ2n) is 5.99. The van der Waals surface area contributed by atoms with Crippen molar-refractivity contribution in [3.63, 3.8) is 0 Å². The van der Waals surface area contributed by atoms with E-state index in [4.69, 9.17) is 5.73 Å². The van der Waals surface area contributed by atoms with Crippen LogP contribution in [0.15, 0.2) is 39.9 Å². The summed E-state index contributed by atoms with van der Waals surface area (Å²) in [5.41, 5.74) is 5.17. The fraction of sp³-hybridized carbons (Fsp3) is 0.294. The van der Waals surface area contributed by atoms with Gasteiger partial charge in [0.1, 0.15) is 17.9 Å². The first kappa shape index (κ1) is 18.2. The van der Waals surface area contributed by atoms with E-state index in [0.29, 0.717) is 18.8 Å². The Kier molecular flexibility index (Phi) is 4.97. The summed E-state index contributed by atoms with van der Waals surface area (Å²) in [6.07, 6.45) is 0.626. The molecule has 0 unspecified atom stereocenters. The Bertz CT molecular complexity index is 1100. The molecule has 140 valence electrons. The molecule has 1 aromatic carbocycles. The van der Waals surface area contributed by atoms with Crippen LogP contribution in [0.2, 0.25) is 0 Å². The maximum atomic E-state index is 12.7. The Hall–Kier alpha value is -3.56. The number of nitrogens with zero attached hydrogens (tertiary/aromatic N) is 6. The number of carbonyl (C=O) groups is 1. The predicted molar refractivity (Wildman–Crippen MR) is 98.2 cm³/mol. The first-order valence-corrected chi connectivity index (χ1v) is 8.39. The Balaban J connectivity index is 1.95. The minimum atomic E-state index is -0.738. The zero-order valence-electron chi connectivity index (χ0n) is 15.0. The van der Waals surface area contributed by atoms with Crippen molar-refractivity contribution in [2.24, 2.45) is 7.05 Å². The lowest BCUT2D eigenvalue weighted by atomic mass is 10.2. The average Bonchev–Trinajstić information content (AvgIpc) is 3.13. The van der Waals surface area contributed by atoms with Gasteiger partial charge in [0, 0.05) is 19.2 Å². The molecule has 0 spiro atoms. The van der Waals surface area contributed by atoms with Gasteiger partial charge in [0.25, 0.3) is 5.56 Å². The number of nitrogen functional groups attached to an aromatic ring is 1. The largest absolute Gasteiger partial charge is 0.384 e. The zero-order chi connectivity index (χ0) is 19.6. The van der Waals surface area contributed by atoms with E-state index in [-0.39, 0.29) is 17.9 Å². The highest BCUT2D eigenvalue weighted by molar-refractivity contribution is 5.99. The highest BCUT2D eigenvalue weighted by Gasteiger charge is 2.22. The van der Waals surface area contributed by atoms with Gasteiger partial charge in [0.15, 0.2) is 5.78 Å². The number of tetrazole rings is 1. The molecular weight excluding hydrogens is 350 g/mol. The van der Waals surface area contributed by atoms with Crippen LogP contribution in [0.25, 0.3) is 11.4 Å². The first-order valence-electron chi connectivity index (χ1n) is 8.39. The van der Waals surface area contributed by atoms with E-state index in [2.05, 4.69) is 15.4 Å². The summed E-state index contributed by atoms with van der Waals surface area (Å²) in [6.45, 7) is 1.85. The van der Waals surface area contributed by atoms with Gasteiger partial charge in [-0.2, -0.15) is 4.80 Å². The highest BCUT2D eigenvalue weighted by Crippen LogP contribution is 2.12.